The molecule has 0 amide bonds. The molecule has 0 aliphatic heterocycles. The standard InChI is InChI=1S/C17H21NO3/c1-12-7-8-14(13(11-12)9-10-18)21-17-15(19-2)5-4-6-16(17)20-3/h4-8,11H,9-10,18H2,1-3H3. The minimum absolute atomic E-state index is 0.572. The zero-order valence-electron chi connectivity index (χ0n) is 12.7. The van der Waals surface area contributed by atoms with E-state index in [9.17, 15) is 0 Å². The highest BCUT2D eigenvalue weighted by molar-refractivity contribution is 5.54. The van der Waals surface area contributed by atoms with E-state index in [1.54, 1.807) is 14.2 Å². The first-order valence-corrected chi connectivity index (χ1v) is 6.88. The third kappa shape index (κ3) is 3.47. The summed E-state index contributed by atoms with van der Waals surface area (Å²) in [7, 11) is 3.22. The van der Waals surface area contributed by atoms with Crippen LogP contribution in [0.1, 0.15) is 11.1 Å². The zero-order chi connectivity index (χ0) is 15.2. The van der Waals surface area contributed by atoms with E-state index < -0.39 is 0 Å². The Kier molecular flexibility index (Phi) is 5.06. The molecule has 0 atom stereocenters. The summed E-state index contributed by atoms with van der Waals surface area (Å²) in [5, 5.41) is 0. The van der Waals surface area contributed by atoms with Crippen LogP contribution < -0.4 is 19.9 Å². The van der Waals surface area contributed by atoms with Crippen LogP contribution in [0, 0.1) is 6.92 Å². The Labute approximate surface area is 125 Å². The van der Waals surface area contributed by atoms with Crippen LogP contribution in [0.2, 0.25) is 0 Å². The predicted molar refractivity (Wildman–Crippen MR) is 83.6 cm³/mol. The molecule has 0 aromatic heterocycles. The molecule has 0 unspecified atom stereocenters. The number of methoxy groups -OCH3 is 2. The monoisotopic (exact) mass is 287 g/mol. The molecule has 0 saturated carbocycles. The normalized spacial score (nSPS) is 10.3. The molecule has 112 valence electrons. The first kappa shape index (κ1) is 15.2. The molecule has 0 radical (unpaired) electrons. The fourth-order valence-electron chi connectivity index (χ4n) is 2.19. The van der Waals surface area contributed by atoms with Crippen molar-refractivity contribution in [1.82, 2.24) is 0 Å². The summed E-state index contributed by atoms with van der Waals surface area (Å²) in [6.45, 7) is 2.62. The summed E-state index contributed by atoms with van der Waals surface area (Å²) in [5.74, 6) is 2.61. The SMILES string of the molecule is COc1cccc(OC)c1Oc1ccc(C)cc1CCN. The van der Waals surface area contributed by atoms with E-state index in [0.717, 1.165) is 17.7 Å². The second-order valence-corrected chi connectivity index (χ2v) is 4.74. The van der Waals surface area contributed by atoms with Crippen molar-refractivity contribution >= 4 is 0 Å². The van der Waals surface area contributed by atoms with Gasteiger partial charge in [0, 0.05) is 0 Å². The van der Waals surface area contributed by atoms with Crippen LogP contribution in [-0.2, 0) is 6.42 Å². The van der Waals surface area contributed by atoms with Gasteiger partial charge in [-0.25, -0.2) is 0 Å². The summed E-state index contributed by atoms with van der Waals surface area (Å²) in [6.07, 6.45) is 0.758. The van der Waals surface area contributed by atoms with Gasteiger partial charge in [0.15, 0.2) is 11.5 Å². The largest absolute Gasteiger partial charge is 0.493 e. The lowest BCUT2D eigenvalue weighted by molar-refractivity contribution is 0.345. The second-order valence-electron chi connectivity index (χ2n) is 4.74. The first-order chi connectivity index (χ1) is 10.2. The third-order valence-electron chi connectivity index (χ3n) is 3.22. The molecule has 0 aliphatic carbocycles. The number of ether oxygens (including phenoxy) is 3. The van der Waals surface area contributed by atoms with Gasteiger partial charge in [-0.1, -0.05) is 23.8 Å². The average Bonchev–Trinajstić information content (AvgIpc) is 2.50. The smallest absolute Gasteiger partial charge is 0.211 e. The number of benzene rings is 2. The molecule has 0 heterocycles. The lowest BCUT2D eigenvalue weighted by Gasteiger charge is -2.16. The predicted octanol–water partition coefficient (Wildman–Crippen LogP) is 3.31. The Balaban J connectivity index is 2.42. The van der Waals surface area contributed by atoms with Crippen molar-refractivity contribution in [1.29, 1.82) is 0 Å². The topological polar surface area (TPSA) is 53.7 Å². The third-order valence-corrected chi connectivity index (χ3v) is 3.22. The fourth-order valence-corrected chi connectivity index (χ4v) is 2.19. The van der Waals surface area contributed by atoms with E-state index in [4.69, 9.17) is 19.9 Å². The first-order valence-electron chi connectivity index (χ1n) is 6.88. The van der Waals surface area contributed by atoms with Gasteiger partial charge >= 0.3 is 0 Å². The summed E-state index contributed by atoms with van der Waals surface area (Å²) < 4.78 is 16.8. The van der Waals surface area contributed by atoms with E-state index in [1.807, 2.05) is 37.3 Å². The maximum absolute atomic E-state index is 6.06. The number of aryl methyl sites for hydroxylation is 1. The van der Waals surface area contributed by atoms with Crippen LogP contribution in [0.15, 0.2) is 36.4 Å². The lowest BCUT2D eigenvalue weighted by atomic mass is 10.1. The Morgan fingerprint density at radius 2 is 1.62 bits per heavy atom. The van der Waals surface area contributed by atoms with E-state index in [0.29, 0.717) is 23.8 Å². The Morgan fingerprint density at radius 3 is 2.19 bits per heavy atom. The van der Waals surface area contributed by atoms with Crippen LogP contribution in [0.5, 0.6) is 23.0 Å². The quantitative estimate of drug-likeness (QED) is 0.885. The van der Waals surface area contributed by atoms with Crippen LogP contribution in [0.4, 0.5) is 0 Å². The summed E-state index contributed by atoms with van der Waals surface area (Å²) in [4.78, 5) is 0. The molecule has 2 N–H and O–H groups in total. The lowest BCUT2D eigenvalue weighted by Crippen LogP contribution is -2.05. The van der Waals surface area contributed by atoms with Crippen molar-refractivity contribution in [2.75, 3.05) is 20.8 Å². The van der Waals surface area contributed by atoms with Crippen molar-refractivity contribution in [2.24, 2.45) is 5.73 Å². The summed E-state index contributed by atoms with van der Waals surface area (Å²) in [6, 6.07) is 11.6. The van der Waals surface area contributed by atoms with Crippen molar-refractivity contribution in [3.8, 4) is 23.0 Å². The van der Waals surface area contributed by atoms with Crippen LogP contribution in [-0.4, -0.2) is 20.8 Å². The molecule has 2 aromatic carbocycles. The molecular formula is C17H21NO3. The fraction of sp³-hybridized carbons (Fsp3) is 0.294. The second kappa shape index (κ2) is 6.99. The van der Waals surface area contributed by atoms with Crippen LogP contribution in [0.25, 0.3) is 0 Å². The Hall–Kier alpha value is -2.20. The molecule has 0 fully saturated rings. The van der Waals surface area contributed by atoms with Gasteiger partial charge in [0.25, 0.3) is 0 Å². The minimum atomic E-state index is 0.572. The van der Waals surface area contributed by atoms with Gasteiger partial charge in [0.05, 0.1) is 14.2 Å². The summed E-state index contributed by atoms with van der Waals surface area (Å²) >= 11 is 0. The molecule has 0 spiro atoms. The molecular weight excluding hydrogens is 266 g/mol. The van der Waals surface area contributed by atoms with Crippen LogP contribution in [0.3, 0.4) is 0 Å². The highest BCUT2D eigenvalue weighted by Gasteiger charge is 2.14. The van der Waals surface area contributed by atoms with Gasteiger partial charge in [-0.3, -0.25) is 0 Å². The minimum Gasteiger partial charge on any atom is -0.493 e. The molecule has 0 bridgehead atoms. The van der Waals surface area contributed by atoms with Crippen molar-refractivity contribution in [2.45, 2.75) is 13.3 Å². The van der Waals surface area contributed by atoms with E-state index in [1.165, 1.54) is 5.56 Å². The number of hydrogen-bond donors (Lipinski definition) is 1. The average molecular weight is 287 g/mol. The molecule has 4 nitrogen and oxygen atoms in total. The van der Waals surface area contributed by atoms with Crippen molar-refractivity contribution in [3.63, 3.8) is 0 Å². The molecule has 2 rings (SSSR count). The van der Waals surface area contributed by atoms with Crippen molar-refractivity contribution < 1.29 is 14.2 Å². The van der Waals surface area contributed by atoms with Gasteiger partial charge in [0.2, 0.25) is 5.75 Å². The van der Waals surface area contributed by atoms with Gasteiger partial charge in [-0.05, 0) is 43.7 Å². The highest BCUT2D eigenvalue weighted by Crippen LogP contribution is 2.40. The van der Waals surface area contributed by atoms with E-state index >= 15 is 0 Å². The van der Waals surface area contributed by atoms with Gasteiger partial charge in [-0.15, -0.1) is 0 Å². The van der Waals surface area contributed by atoms with Crippen LogP contribution >= 0.6 is 0 Å². The molecule has 0 aliphatic rings. The maximum atomic E-state index is 6.06. The van der Waals surface area contributed by atoms with E-state index in [2.05, 4.69) is 6.07 Å². The molecule has 2 aromatic rings. The number of nitrogens with two attached hydrogens (primary N) is 1. The molecule has 21 heavy (non-hydrogen) atoms. The van der Waals surface area contributed by atoms with Gasteiger partial charge in [-0.2, -0.15) is 0 Å². The highest BCUT2D eigenvalue weighted by atomic mass is 16.5. The van der Waals surface area contributed by atoms with Gasteiger partial charge in [0.1, 0.15) is 5.75 Å². The van der Waals surface area contributed by atoms with E-state index in [-0.39, 0.29) is 0 Å². The number of para-hydroxylation sites is 1. The Bertz CT molecular complexity index is 589. The summed E-state index contributed by atoms with van der Waals surface area (Å²) in [5.41, 5.74) is 7.93. The van der Waals surface area contributed by atoms with Gasteiger partial charge < -0.3 is 19.9 Å². The Morgan fingerprint density at radius 1 is 0.952 bits per heavy atom. The maximum Gasteiger partial charge on any atom is 0.211 e. The van der Waals surface area contributed by atoms with Crippen molar-refractivity contribution in [3.05, 3.63) is 47.5 Å². The molecule has 0 saturated heterocycles. The number of hydrogen-bond acceptors (Lipinski definition) is 4. The number of rotatable bonds is 6. The zero-order valence-corrected chi connectivity index (χ0v) is 12.7. The molecule has 4 heteroatoms.